The van der Waals surface area contributed by atoms with Crippen molar-refractivity contribution in [3.63, 3.8) is 0 Å². The molecule has 0 aliphatic carbocycles. The van der Waals surface area contributed by atoms with E-state index in [1.54, 1.807) is 24.3 Å². The molecule has 0 bridgehead atoms. The van der Waals surface area contributed by atoms with Gasteiger partial charge in [-0.2, -0.15) is 16.8 Å². The SMILES string of the molecule is COc1cc(-c2ccc(OCc3ccccc3)c(OS(C)(=O)=O)c2)c(OC)cc1-c1ccc(OS(C)(=O)=O)c(F)c1. The summed E-state index contributed by atoms with van der Waals surface area (Å²) in [7, 11) is -4.92. The van der Waals surface area contributed by atoms with E-state index in [1.165, 1.54) is 32.4 Å². The van der Waals surface area contributed by atoms with Gasteiger partial charge >= 0.3 is 20.2 Å². The lowest BCUT2D eigenvalue weighted by Crippen LogP contribution is -2.08. The van der Waals surface area contributed by atoms with Gasteiger partial charge in [-0.05, 0) is 53.1 Å². The molecular formula is C29H27FO9S2. The largest absolute Gasteiger partial charge is 0.496 e. The minimum Gasteiger partial charge on any atom is -0.496 e. The maximum Gasteiger partial charge on any atom is 0.306 e. The van der Waals surface area contributed by atoms with E-state index in [9.17, 15) is 21.2 Å². The fourth-order valence-electron chi connectivity index (χ4n) is 4.01. The second kappa shape index (κ2) is 12.1. The first-order valence-corrected chi connectivity index (χ1v) is 15.7. The van der Waals surface area contributed by atoms with Crippen LogP contribution in [0.25, 0.3) is 22.3 Å². The Morgan fingerprint density at radius 3 is 1.63 bits per heavy atom. The first-order chi connectivity index (χ1) is 19.4. The molecule has 0 atom stereocenters. The van der Waals surface area contributed by atoms with Gasteiger partial charge in [0, 0.05) is 11.1 Å². The zero-order chi connectivity index (χ0) is 29.8. The van der Waals surface area contributed by atoms with E-state index in [2.05, 4.69) is 4.18 Å². The third kappa shape index (κ3) is 7.68. The molecule has 4 rings (SSSR count). The van der Waals surface area contributed by atoms with E-state index in [0.29, 0.717) is 33.8 Å². The molecule has 0 N–H and O–H groups in total. The van der Waals surface area contributed by atoms with E-state index in [4.69, 9.17) is 18.4 Å². The Balaban J connectivity index is 1.75. The second-order valence-electron chi connectivity index (χ2n) is 8.91. The maximum absolute atomic E-state index is 14.7. The molecule has 4 aromatic carbocycles. The van der Waals surface area contributed by atoms with E-state index in [-0.39, 0.29) is 18.1 Å². The van der Waals surface area contributed by atoms with Crippen LogP contribution in [-0.4, -0.2) is 43.6 Å². The van der Waals surface area contributed by atoms with Crippen molar-refractivity contribution in [3.05, 3.63) is 90.2 Å². The number of rotatable bonds is 11. The number of halogens is 1. The number of methoxy groups -OCH3 is 2. The average Bonchev–Trinajstić information content (AvgIpc) is 2.91. The molecular weight excluding hydrogens is 575 g/mol. The van der Waals surface area contributed by atoms with Crippen molar-refractivity contribution in [2.45, 2.75) is 6.61 Å². The predicted molar refractivity (Wildman–Crippen MR) is 152 cm³/mol. The number of hydrogen-bond acceptors (Lipinski definition) is 9. The molecule has 0 spiro atoms. The van der Waals surface area contributed by atoms with Gasteiger partial charge in [0.1, 0.15) is 18.1 Å². The fourth-order valence-corrected chi connectivity index (χ4v) is 4.92. The summed E-state index contributed by atoms with van der Waals surface area (Å²) in [6.07, 6.45) is 1.76. The van der Waals surface area contributed by atoms with E-state index in [0.717, 1.165) is 24.1 Å². The summed E-state index contributed by atoms with van der Waals surface area (Å²) in [6.45, 7) is 0.191. The monoisotopic (exact) mass is 602 g/mol. The van der Waals surface area contributed by atoms with Crippen LogP contribution in [0.2, 0.25) is 0 Å². The van der Waals surface area contributed by atoms with E-state index < -0.39 is 31.8 Å². The number of ether oxygens (including phenoxy) is 3. The molecule has 0 aromatic heterocycles. The summed E-state index contributed by atoms with van der Waals surface area (Å²) in [4.78, 5) is 0. The van der Waals surface area contributed by atoms with Crippen molar-refractivity contribution < 1.29 is 43.8 Å². The van der Waals surface area contributed by atoms with Crippen molar-refractivity contribution in [2.75, 3.05) is 26.7 Å². The molecule has 4 aromatic rings. The Kier molecular flexibility index (Phi) is 8.74. The molecule has 9 nitrogen and oxygen atoms in total. The quantitative estimate of drug-likeness (QED) is 0.207. The van der Waals surface area contributed by atoms with Gasteiger partial charge < -0.3 is 22.6 Å². The van der Waals surface area contributed by atoms with Gasteiger partial charge in [0.25, 0.3) is 0 Å². The highest BCUT2D eigenvalue weighted by Gasteiger charge is 2.20. The van der Waals surface area contributed by atoms with Crippen LogP contribution in [0.4, 0.5) is 4.39 Å². The molecule has 0 fully saturated rings. The van der Waals surface area contributed by atoms with Gasteiger partial charge in [-0.3, -0.25) is 0 Å². The molecule has 0 aliphatic rings. The van der Waals surface area contributed by atoms with E-state index in [1.807, 2.05) is 30.3 Å². The summed E-state index contributed by atoms with van der Waals surface area (Å²) in [5, 5.41) is 0. The van der Waals surface area contributed by atoms with E-state index >= 15 is 0 Å². The van der Waals surface area contributed by atoms with Crippen LogP contribution in [0.3, 0.4) is 0 Å². The highest BCUT2D eigenvalue weighted by Crippen LogP contribution is 2.43. The zero-order valence-corrected chi connectivity index (χ0v) is 24.2. The molecule has 41 heavy (non-hydrogen) atoms. The lowest BCUT2D eigenvalue weighted by Gasteiger charge is -2.17. The normalized spacial score (nSPS) is 11.5. The zero-order valence-electron chi connectivity index (χ0n) is 22.6. The molecule has 0 saturated heterocycles. The molecule has 12 heteroatoms. The van der Waals surface area contributed by atoms with Crippen LogP contribution in [0.5, 0.6) is 28.7 Å². The van der Waals surface area contributed by atoms with Gasteiger partial charge in [0.15, 0.2) is 23.1 Å². The summed E-state index contributed by atoms with van der Waals surface area (Å²) in [5.74, 6) is -0.418. The van der Waals surface area contributed by atoms with Crippen molar-refractivity contribution >= 4 is 20.2 Å². The van der Waals surface area contributed by atoms with Crippen molar-refractivity contribution in [2.24, 2.45) is 0 Å². The maximum atomic E-state index is 14.7. The average molecular weight is 603 g/mol. The Bertz CT molecular complexity index is 1770. The molecule has 216 valence electrons. The Labute approximate surface area is 238 Å². The highest BCUT2D eigenvalue weighted by atomic mass is 32.2. The predicted octanol–water partition coefficient (Wildman–Crippen LogP) is 5.43. The smallest absolute Gasteiger partial charge is 0.306 e. The summed E-state index contributed by atoms with van der Waals surface area (Å²) in [5.41, 5.74) is 2.76. The van der Waals surface area contributed by atoms with Crippen LogP contribution in [0.15, 0.2) is 78.9 Å². The van der Waals surface area contributed by atoms with Crippen molar-refractivity contribution in [1.82, 2.24) is 0 Å². The third-order valence-corrected chi connectivity index (χ3v) is 6.70. The second-order valence-corrected chi connectivity index (χ2v) is 12.1. The van der Waals surface area contributed by atoms with Crippen LogP contribution in [0.1, 0.15) is 5.56 Å². The van der Waals surface area contributed by atoms with Crippen LogP contribution in [-0.2, 0) is 26.8 Å². The van der Waals surface area contributed by atoms with Crippen molar-refractivity contribution in [3.8, 4) is 51.0 Å². The Morgan fingerprint density at radius 2 is 1.12 bits per heavy atom. The van der Waals surface area contributed by atoms with Gasteiger partial charge in [-0.15, -0.1) is 0 Å². The molecule has 0 radical (unpaired) electrons. The number of hydrogen-bond donors (Lipinski definition) is 0. The molecule has 0 aliphatic heterocycles. The van der Waals surface area contributed by atoms with Crippen molar-refractivity contribution in [1.29, 1.82) is 0 Å². The van der Waals surface area contributed by atoms with Gasteiger partial charge in [-0.1, -0.05) is 42.5 Å². The minimum absolute atomic E-state index is 0.0189. The highest BCUT2D eigenvalue weighted by molar-refractivity contribution is 7.86. The Hall–Kier alpha value is -4.29. The summed E-state index contributed by atoms with van der Waals surface area (Å²) in [6, 6.07) is 21.3. The number of benzene rings is 4. The standard InChI is InChI=1S/C29H27FO9S2/c1-35-27-17-23(28(36-2)16-22(27)20-10-12-25(24(30)14-20)38-40(3,31)32)21-11-13-26(29(15-21)39-41(4,33)34)37-18-19-8-6-5-7-9-19/h5-17H,18H2,1-4H3. The third-order valence-electron chi connectivity index (χ3n) is 5.74. The summed E-state index contributed by atoms with van der Waals surface area (Å²) < 4.78 is 88.5. The first kappa shape index (κ1) is 29.7. The lowest BCUT2D eigenvalue weighted by atomic mass is 9.97. The molecule has 0 heterocycles. The van der Waals surface area contributed by atoms with Gasteiger partial charge in [0.2, 0.25) is 0 Å². The van der Waals surface area contributed by atoms with Crippen LogP contribution < -0.4 is 22.6 Å². The first-order valence-electron chi connectivity index (χ1n) is 12.0. The topological polar surface area (TPSA) is 114 Å². The summed E-state index contributed by atoms with van der Waals surface area (Å²) >= 11 is 0. The molecule has 0 amide bonds. The lowest BCUT2D eigenvalue weighted by molar-refractivity contribution is 0.296. The Morgan fingerprint density at radius 1 is 0.610 bits per heavy atom. The molecule has 0 saturated carbocycles. The fraction of sp³-hybridized carbons (Fsp3) is 0.172. The minimum atomic E-state index is -3.91. The van der Waals surface area contributed by atoms with Crippen LogP contribution in [0, 0.1) is 5.82 Å². The van der Waals surface area contributed by atoms with Gasteiger partial charge in [-0.25, -0.2) is 4.39 Å². The van der Waals surface area contributed by atoms with Crippen LogP contribution >= 0.6 is 0 Å². The van der Waals surface area contributed by atoms with Gasteiger partial charge in [0.05, 0.1) is 26.7 Å². The molecule has 0 unspecified atom stereocenters.